The topological polar surface area (TPSA) is 101 Å². The second kappa shape index (κ2) is 4.96. The average molecular weight is 256 g/mol. The van der Waals surface area contributed by atoms with E-state index in [1.165, 1.54) is 0 Å². The van der Waals surface area contributed by atoms with Crippen molar-refractivity contribution in [3.05, 3.63) is 0 Å². The summed E-state index contributed by atoms with van der Waals surface area (Å²) in [7, 11) is 0. The van der Waals surface area contributed by atoms with Gasteiger partial charge in [0.25, 0.3) is 0 Å². The first-order chi connectivity index (χ1) is 8.50. The van der Waals surface area contributed by atoms with Gasteiger partial charge in [0, 0.05) is 5.92 Å². The van der Waals surface area contributed by atoms with Crippen molar-refractivity contribution in [2.45, 2.75) is 38.2 Å². The lowest BCUT2D eigenvalue weighted by Crippen LogP contribution is -2.44. The van der Waals surface area contributed by atoms with Gasteiger partial charge >= 0.3 is 17.9 Å². The fourth-order valence-corrected chi connectivity index (χ4v) is 2.38. The molecule has 6 heteroatoms. The lowest BCUT2D eigenvalue weighted by molar-refractivity contribution is -0.179. The summed E-state index contributed by atoms with van der Waals surface area (Å²) in [5.41, 5.74) is 0. The number of hydrogen-bond donors (Lipinski definition) is 2. The number of rotatable bonds is 5. The van der Waals surface area contributed by atoms with Gasteiger partial charge in [0.1, 0.15) is 0 Å². The summed E-state index contributed by atoms with van der Waals surface area (Å²) in [5, 5.41) is 17.8. The quantitative estimate of drug-likeness (QED) is 0.708. The molecule has 2 N–H and O–H groups in total. The van der Waals surface area contributed by atoms with Gasteiger partial charge in [-0.2, -0.15) is 0 Å². The Labute approximate surface area is 104 Å². The molecule has 0 heterocycles. The van der Waals surface area contributed by atoms with Crippen molar-refractivity contribution in [1.82, 2.24) is 0 Å². The zero-order valence-corrected chi connectivity index (χ0v) is 9.87. The Hall–Kier alpha value is -1.59. The first-order valence-electron chi connectivity index (χ1n) is 6.17. The summed E-state index contributed by atoms with van der Waals surface area (Å²) in [5.74, 6) is -4.33. The molecule has 18 heavy (non-hydrogen) atoms. The second-order valence-corrected chi connectivity index (χ2v) is 5.02. The summed E-state index contributed by atoms with van der Waals surface area (Å²) in [6.07, 6.45) is 2.26. The van der Waals surface area contributed by atoms with Gasteiger partial charge in [-0.15, -0.1) is 0 Å². The molecule has 3 atom stereocenters. The summed E-state index contributed by atoms with van der Waals surface area (Å²) < 4.78 is 5.00. The van der Waals surface area contributed by atoms with Crippen LogP contribution in [0.1, 0.15) is 32.1 Å². The largest absolute Gasteiger partial charge is 0.481 e. The third kappa shape index (κ3) is 2.32. The Kier molecular flexibility index (Phi) is 3.54. The van der Waals surface area contributed by atoms with E-state index in [0.717, 1.165) is 19.3 Å². The van der Waals surface area contributed by atoms with Gasteiger partial charge in [0.05, 0.1) is 11.8 Å². The maximum absolute atomic E-state index is 11.8. The van der Waals surface area contributed by atoms with Crippen LogP contribution < -0.4 is 0 Å². The molecule has 100 valence electrons. The highest BCUT2D eigenvalue weighted by molar-refractivity contribution is 5.85. The summed E-state index contributed by atoms with van der Waals surface area (Å²) in [6, 6.07) is 0. The maximum atomic E-state index is 11.8. The third-order valence-corrected chi connectivity index (χ3v) is 3.96. The molecule has 2 fully saturated rings. The number of ether oxygens (including phenoxy) is 1. The van der Waals surface area contributed by atoms with Gasteiger partial charge in [-0.25, -0.2) is 4.79 Å². The molecule has 0 aromatic rings. The highest BCUT2D eigenvalue weighted by Gasteiger charge is 2.45. The molecule has 0 spiro atoms. The fourth-order valence-electron chi connectivity index (χ4n) is 2.38. The van der Waals surface area contributed by atoms with Crippen molar-refractivity contribution < 1.29 is 29.3 Å². The number of carbonyl (C=O) groups is 3. The minimum absolute atomic E-state index is 0.116. The molecule has 2 aliphatic rings. The van der Waals surface area contributed by atoms with Crippen LogP contribution in [0.15, 0.2) is 0 Å². The zero-order valence-electron chi connectivity index (χ0n) is 9.87. The molecular weight excluding hydrogens is 240 g/mol. The van der Waals surface area contributed by atoms with Crippen LogP contribution >= 0.6 is 0 Å². The minimum atomic E-state index is -1.14. The van der Waals surface area contributed by atoms with Crippen molar-refractivity contribution >= 4 is 17.9 Å². The molecule has 0 aliphatic heterocycles. The molecule has 2 saturated carbocycles. The van der Waals surface area contributed by atoms with E-state index in [2.05, 4.69) is 0 Å². The molecule has 0 amide bonds. The molecule has 6 nitrogen and oxygen atoms in total. The van der Waals surface area contributed by atoms with Crippen LogP contribution in [0.25, 0.3) is 0 Å². The highest BCUT2D eigenvalue weighted by atomic mass is 16.6. The smallest absolute Gasteiger partial charge is 0.345 e. The van der Waals surface area contributed by atoms with Crippen molar-refractivity contribution in [3.8, 4) is 0 Å². The molecule has 0 aromatic carbocycles. The van der Waals surface area contributed by atoms with Crippen LogP contribution in [-0.4, -0.2) is 34.2 Å². The van der Waals surface area contributed by atoms with Crippen LogP contribution in [0.3, 0.4) is 0 Å². The van der Waals surface area contributed by atoms with Crippen molar-refractivity contribution in [2.24, 2.45) is 17.8 Å². The van der Waals surface area contributed by atoms with Gasteiger partial charge in [-0.3, -0.25) is 9.59 Å². The molecule has 0 aromatic heterocycles. The maximum Gasteiger partial charge on any atom is 0.345 e. The van der Waals surface area contributed by atoms with E-state index in [4.69, 9.17) is 14.9 Å². The zero-order chi connectivity index (χ0) is 13.3. The number of carboxylic acid groups (broad SMARTS) is 2. The Bertz CT molecular complexity index is 373. The number of carbonyl (C=O) groups excluding carboxylic acids is 1. The normalized spacial score (nSPS) is 28.7. The predicted molar refractivity (Wildman–Crippen MR) is 58.7 cm³/mol. The van der Waals surface area contributed by atoms with Gasteiger partial charge < -0.3 is 14.9 Å². The van der Waals surface area contributed by atoms with Crippen molar-refractivity contribution in [3.63, 3.8) is 0 Å². The van der Waals surface area contributed by atoms with Gasteiger partial charge in [-0.05, 0) is 25.7 Å². The Morgan fingerprint density at radius 1 is 1.00 bits per heavy atom. The predicted octanol–water partition coefficient (Wildman–Crippen LogP) is 0.894. The monoisotopic (exact) mass is 256 g/mol. The molecule has 0 bridgehead atoms. The standard InChI is InChI=1S/C12H16O6/c13-10(14)7-4-5-8(7)12(17)18-9(11(15)16)6-2-1-3-6/h6-9H,1-5H2,(H,13,14)(H,15,16). The van der Waals surface area contributed by atoms with Crippen molar-refractivity contribution in [2.75, 3.05) is 0 Å². The Morgan fingerprint density at radius 2 is 1.61 bits per heavy atom. The van der Waals surface area contributed by atoms with Gasteiger partial charge in [0.2, 0.25) is 6.10 Å². The van der Waals surface area contributed by atoms with E-state index in [-0.39, 0.29) is 5.92 Å². The van der Waals surface area contributed by atoms with Gasteiger partial charge in [0.15, 0.2) is 0 Å². The van der Waals surface area contributed by atoms with E-state index in [1.54, 1.807) is 0 Å². The Morgan fingerprint density at radius 3 is 1.94 bits per heavy atom. The Balaban J connectivity index is 1.92. The van der Waals surface area contributed by atoms with Crippen LogP contribution in [0, 0.1) is 17.8 Å². The average Bonchev–Trinajstić information content (AvgIpc) is 2.10. The van der Waals surface area contributed by atoms with E-state index in [9.17, 15) is 14.4 Å². The van der Waals surface area contributed by atoms with Crippen LogP contribution in [0.4, 0.5) is 0 Å². The number of esters is 1. The molecule has 0 saturated heterocycles. The summed E-state index contributed by atoms with van der Waals surface area (Å²) in [6.45, 7) is 0. The van der Waals surface area contributed by atoms with E-state index < -0.39 is 35.8 Å². The third-order valence-electron chi connectivity index (χ3n) is 3.96. The fraction of sp³-hybridized carbons (Fsp3) is 0.750. The van der Waals surface area contributed by atoms with Crippen molar-refractivity contribution in [1.29, 1.82) is 0 Å². The number of carboxylic acids is 2. The molecular formula is C12H16O6. The van der Waals surface area contributed by atoms with E-state index in [1.807, 2.05) is 0 Å². The minimum Gasteiger partial charge on any atom is -0.481 e. The van der Waals surface area contributed by atoms with E-state index >= 15 is 0 Å². The van der Waals surface area contributed by atoms with Crippen LogP contribution in [0.5, 0.6) is 0 Å². The summed E-state index contributed by atoms with van der Waals surface area (Å²) >= 11 is 0. The highest BCUT2D eigenvalue weighted by Crippen LogP contribution is 2.37. The number of hydrogen-bond acceptors (Lipinski definition) is 4. The second-order valence-electron chi connectivity index (χ2n) is 5.02. The first-order valence-corrected chi connectivity index (χ1v) is 6.17. The molecule has 2 aliphatic carbocycles. The van der Waals surface area contributed by atoms with E-state index in [0.29, 0.717) is 12.8 Å². The molecule has 2 rings (SSSR count). The van der Waals surface area contributed by atoms with Crippen LogP contribution in [-0.2, 0) is 19.1 Å². The lowest BCUT2D eigenvalue weighted by Gasteiger charge is -2.35. The molecule has 3 unspecified atom stereocenters. The number of aliphatic carboxylic acids is 2. The van der Waals surface area contributed by atoms with Gasteiger partial charge in [-0.1, -0.05) is 6.42 Å². The first kappa shape index (κ1) is 12.9. The SMILES string of the molecule is O=C(O)C1CCC1C(=O)OC(C(=O)O)C1CCC1. The molecule has 0 radical (unpaired) electrons. The van der Waals surface area contributed by atoms with Crippen LogP contribution in [0.2, 0.25) is 0 Å². The lowest BCUT2D eigenvalue weighted by atomic mass is 9.73. The summed E-state index contributed by atoms with van der Waals surface area (Å²) in [4.78, 5) is 33.6.